The molecule has 1 aliphatic rings. The molecule has 1 N–H and O–H groups in total. The topological polar surface area (TPSA) is 37.4 Å². The molecule has 0 saturated carbocycles. The summed E-state index contributed by atoms with van der Waals surface area (Å²) in [4.78, 5) is 7.08. The Bertz CT molecular complexity index is 606. The quantitative estimate of drug-likeness (QED) is 0.931. The van der Waals surface area contributed by atoms with E-state index in [0.717, 1.165) is 49.6 Å². The normalized spacial score (nSPS) is 15.6. The molecule has 0 atom stereocenters. The van der Waals surface area contributed by atoms with Crippen molar-refractivity contribution in [3.05, 3.63) is 30.0 Å². The van der Waals surface area contributed by atoms with Gasteiger partial charge in [0.2, 0.25) is 0 Å². The summed E-state index contributed by atoms with van der Waals surface area (Å²) in [5.74, 6) is 0. The third-order valence-electron chi connectivity index (χ3n) is 3.85. The summed E-state index contributed by atoms with van der Waals surface area (Å²) in [6.45, 7) is 5.67. The van der Waals surface area contributed by atoms with Crippen LogP contribution in [0.25, 0.3) is 10.9 Å². The maximum Gasteiger partial charge on any atom is 0.0727 e. The van der Waals surface area contributed by atoms with Crippen molar-refractivity contribution in [2.45, 2.75) is 13.3 Å². The molecule has 1 aromatic carbocycles. The van der Waals surface area contributed by atoms with Gasteiger partial charge >= 0.3 is 0 Å². The Balaban J connectivity index is 2.05. The van der Waals surface area contributed by atoms with Crippen LogP contribution in [0, 0.1) is 0 Å². The highest BCUT2D eigenvalue weighted by atomic mass is 16.5. The fraction of sp³-hybridized carbons (Fsp3) is 0.438. The molecule has 2 aromatic rings. The molecule has 4 nitrogen and oxygen atoms in total. The minimum atomic E-state index is 0.809. The summed E-state index contributed by atoms with van der Waals surface area (Å²) < 4.78 is 5.42. The maximum absolute atomic E-state index is 5.42. The summed E-state index contributed by atoms with van der Waals surface area (Å²) in [6.07, 6.45) is 0.954. The number of hydrogen-bond acceptors (Lipinski definition) is 4. The van der Waals surface area contributed by atoms with Gasteiger partial charge in [-0.2, -0.15) is 0 Å². The maximum atomic E-state index is 5.42. The molecule has 106 valence electrons. The number of morpholine rings is 1. The van der Waals surface area contributed by atoms with Crippen molar-refractivity contribution in [2.75, 3.05) is 43.6 Å². The first-order chi connectivity index (χ1) is 9.81. The fourth-order valence-electron chi connectivity index (χ4n) is 2.67. The average molecular weight is 271 g/mol. The first kappa shape index (κ1) is 13.2. The molecule has 1 aromatic heterocycles. The lowest BCUT2D eigenvalue weighted by Gasteiger charge is -2.29. The predicted octanol–water partition coefficient (Wildman–Crippen LogP) is 2.68. The van der Waals surface area contributed by atoms with Crippen molar-refractivity contribution in [3.8, 4) is 0 Å². The molecule has 3 rings (SSSR count). The summed E-state index contributed by atoms with van der Waals surface area (Å²) in [5, 5.41) is 4.48. The van der Waals surface area contributed by atoms with Gasteiger partial charge in [0.25, 0.3) is 0 Å². The highest BCUT2D eigenvalue weighted by Gasteiger charge is 2.13. The Kier molecular flexibility index (Phi) is 3.74. The largest absolute Gasteiger partial charge is 0.388 e. The molecule has 0 bridgehead atoms. The van der Waals surface area contributed by atoms with E-state index in [0.29, 0.717) is 0 Å². The third-order valence-corrected chi connectivity index (χ3v) is 3.85. The second-order valence-corrected chi connectivity index (χ2v) is 5.07. The highest BCUT2D eigenvalue weighted by molar-refractivity contribution is 5.93. The monoisotopic (exact) mass is 271 g/mol. The number of ether oxygens (including phenoxy) is 1. The second kappa shape index (κ2) is 5.67. The van der Waals surface area contributed by atoms with Crippen LogP contribution in [0.15, 0.2) is 24.3 Å². The molecule has 4 heteroatoms. The van der Waals surface area contributed by atoms with Crippen LogP contribution in [-0.4, -0.2) is 38.3 Å². The number of nitrogens with zero attached hydrogens (tertiary/aromatic N) is 2. The molecule has 0 aliphatic carbocycles. The Morgan fingerprint density at radius 2 is 2.05 bits per heavy atom. The Morgan fingerprint density at radius 3 is 2.75 bits per heavy atom. The fourth-order valence-corrected chi connectivity index (χ4v) is 2.67. The number of hydrogen-bond donors (Lipinski definition) is 1. The molecule has 1 aliphatic heterocycles. The number of benzene rings is 1. The van der Waals surface area contributed by atoms with E-state index >= 15 is 0 Å². The molecule has 0 amide bonds. The smallest absolute Gasteiger partial charge is 0.0727 e. The second-order valence-electron chi connectivity index (χ2n) is 5.07. The molecular weight excluding hydrogens is 250 g/mol. The van der Waals surface area contributed by atoms with Crippen molar-refractivity contribution >= 4 is 22.3 Å². The van der Waals surface area contributed by atoms with E-state index in [1.807, 2.05) is 7.05 Å². The van der Waals surface area contributed by atoms with Gasteiger partial charge in [0.05, 0.1) is 18.7 Å². The number of rotatable bonds is 3. The van der Waals surface area contributed by atoms with Crippen molar-refractivity contribution in [1.82, 2.24) is 4.98 Å². The molecule has 0 spiro atoms. The van der Waals surface area contributed by atoms with Gasteiger partial charge in [-0.1, -0.05) is 6.92 Å². The van der Waals surface area contributed by atoms with E-state index in [9.17, 15) is 0 Å². The lowest BCUT2D eigenvalue weighted by Crippen LogP contribution is -2.36. The van der Waals surface area contributed by atoms with Crippen LogP contribution in [0.2, 0.25) is 0 Å². The van der Waals surface area contributed by atoms with Crippen molar-refractivity contribution in [1.29, 1.82) is 0 Å². The number of fused-ring (bicyclic) bond motifs is 1. The van der Waals surface area contributed by atoms with Gasteiger partial charge in [0.1, 0.15) is 0 Å². The number of aromatic nitrogens is 1. The standard InChI is InChI=1S/C16H21N3O/c1-3-12-10-16(17-2)14-11-13(4-5-15(14)18-12)19-6-8-20-9-7-19/h4-5,10-11H,3,6-9H2,1-2H3,(H,17,18). The molecule has 1 saturated heterocycles. The average Bonchev–Trinajstić information content (AvgIpc) is 2.54. The van der Waals surface area contributed by atoms with Crippen LogP contribution in [0.4, 0.5) is 11.4 Å². The Labute approximate surface area is 119 Å². The van der Waals surface area contributed by atoms with Gasteiger partial charge in [0.15, 0.2) is 0 Å². The minimum Gasteiger partial charge on any atom is -0.388 e. The number of pyridine rings is 1. The number of anilines is 2. The predicted molar refractivity (Wildman–Crippen MR) is 83.7 cm³/mol. The molecule has 0 radical (unpaired) electrons. The zero-order valence-electron chi connectivity index (χ0n) is 12.1. The van der Waals surface area contributed by atoms with E-state index in [1.165, 1.54) is 11.1 Å². The molecule has 0 unspecified atom stereocenters. The van der Waals surface area contributed by atoms with Crippen LogP contribution < -0.4 is 10.2 Å². The van der Waals surface area contributed by atoms with Gasteiger partial charge in [-0.25, -0.2) is 0 Å². The van der Waals surface area contributed by atoms with Gasteiger partial charge < -0.3 is 15.0 Å². The van der Waals surface area contributed by atoms with Gasteiger partial charge in [-0.05, 0) is 30.7 Å². The summed E-state index contributed by atoms with van der Waals surface area (Å²) in [5.41, 5.74) is 4.59. The molecule has 1 fully saturated rings. The van der Waals surface area contributed by atoms with Gasteiger partial charge in [0, 0.05) is 42.6 Å². The summed E-state index contributed by atoms with van der Waals surface area (Å²) >= 11 is 0. The lowest BCUT2D eigenvalue weighted by molar-refractivity contribution is 0.122. The van der Waals surface area contributed by atoms with Crippen LogP contribution in [0.5, 0.6) is 0 Å². The number of nitrogens with one attached hydrogen (secondary N) is 1. The van der Waals surface area contributed by atoms with E-state index < -0.39 is 0 Å². The zero-order chi connectivity index (χ0) is 13.9. The van der Waals surface area contributed by atoms with E-state index in [4.69, 9.17) is 9.72 Å². The van der Waals surface area contributed by atoms with Crippen molar-refractivity contribution in [2.24, 2.45) is 0 Å². The van der Waals surface area contributed by atoms with Crippen LogP contribution in [0.1, 0.15) is 12.6 Å². The molecule has 2 heterocycles. The third kappa shape index (κ3) is 2.43. The van der Waals surface area contributed by atoms with E-state index in [-0.39, 0.29) is 0 Å². The van der Waals surface area contributed by atoms with Crippen LogP contribution in [-0.2, 0) is 11.2 Å². The van der Waals surface area contributed by atoms with Gasteiger partial charge in [-0.15, -0.1) is 0 Å². The highest BCUT2D eigenvalue weighted by Crippen LogP contribution is 2.28. The minimum absolute atomic E-state index is 0.809. The Morgan fingerprint density at radius 1 is 1.25 bits per heavy atom. The van der Waals surface area contributed by atoms with Crippen molar-refractivity contribution in [3.63, 3.8) is 0 Å². The molecular formula is C16H21N3O. The first-order valence-electron chi connectivity index (χ1n) is 7.26. The molecule has 20 heavy (non-hydrogen) atoms. The van der Waals surface area contributed by atoms with Crippen LogP contribution >= 0.6 is 0 Å². The van der Waals surface area contributed by atoms with Crippen molar-refractivity contribution < 1.29 is 4.74 Å². The summed E-state index contributed by atoms with van der Waals surface area (Å²) in [7, 11) is 1.97. The first-order valence-corrected chi connectivity index (χ1v) is 7.26. The van der Waals surface area contributed by atoms with E-state index in [2.05, 4.69) is 41.4 Å². The van der Waals surface area contributed by atoms with E-state index in [1.54, 1.807) is 0 Å². The summed E-state index contributed by atoms with van der Waals surface area (Å²) in [6, 6.07) is 8.67. The zero-order valence-corrected chi connectivity index (χ0v) is 12.1. The van der Waals surface area contributed by atoms with Gasteiger partial charge in [-0.3, -0.25) is 4.98 Å². The van der Waals surface area contributed by atoms with Crippen LogP contribution in [0.3, 0.4) is 0 Å². The lowest BCUT2D eigenvalue weighted by atomic mass is 10.1. The SMILES string of the molecule is CCc1cc(NC)c2cc(N3CCOCC3)ccc2n1. The number of aryl methyl sites for hydroxylation is 1. The Hall–Kier alpha value is -1.81.